The van der Waals surface area contributed by atoms with Crippen molar-refractivity contribution in [3.63, 3.8) is 0 Å². The van der Waals surface area contributed by atoms with Crippen LogP contribution in [0.1, 0.15) is 67.4 Å². The summed E-state index contributed by atoms with van der Waals surface area (Å²) in [6.45, 7) is 4.55. The molecule has 1 aromatic carbocycles. The van der Waals surface area contributed by atoms with Crippen molar-refractivity contribution < 1.29 is 15.0 Å². The summed E-state index contributed by atoms with van der Waals surface area (Å²) in [7, 11) is 0. The van der Waals surface area contributed by atoms with E-state index in [1.54, 1.807) is 29.0 Å². The largest absolute Gasteiger partial charge is 0.390 e. The molecule has 2 unspecified atom stereocenters. The van der Waals surface area contributed by atoms with Crippen LogP contribution >= 0.6 is 11.6 Å². The fourth-order valence-electron chi connectivity index (χ4n) is 5.33. The van der Waals surface area contributed by atoms with Crippen molar-refractivity contribution >= 4 is 17.5 Å². The van der Waals surface area contributed by atoms with E-state index in [9.17, 15) is 19.8 Å². The van der Waals surface area contributed by atoms with Crippen molar-refractivity contribution in [2.24, 2.45) is 5.92 Å². The van der Waals surface area contributed by atoms with Gasteiger partial charge >= 0.3 is 5.69 Å². The Bertz CT molecular complexity index is 1070. The summed E-state index contributed by atoms with van der Waals surface area (Å²) in [6.07, 6.45) is 8.64. The Kier molecular flexibility index (Phi) is 8.70. The van der Waals surface area contributed by atoms with Crippen molar-refractivity contribution in [1.29, 1.82) is 0 Å². The Labute approximate surface area is 211 Å². The standard InChI is InChI=1S/C26H37ClN4O4/c1-18-15-31(26(35)30(18)17-21(32)16-29-12-6-7-13-29)20-10-11-23(27)22(14-20)25(34)28-24(33)19-8-4-2-3-5-9-19/h10-11,14-15,19,21,24,32-33H,2-9,12-13,16-17H2,1H3,(H,28,34). The molecule has 2 atom stereocenters. The molecule has 0 bridgehead atoms. The molecule has 1 aliphatic carbocycles. The molecule has 9 heteroatoms. The molecule has 2 aliphatic rings. The molecule has 4 rings (SSSR count). The number of hydrogen-bond acceptors (Lipinski definition) is 5. The smallest absolute Gasteiger partial charge is 0.333 e. The van der Waals surface area contributed by atoms with Gasteiger partial charge in [0, 0.05) is 24.4 Å². The second kappa shape index (κ2) is 11.7. The molecule has 1 saturated heterocycles. The van der Waals surface area contributed by atoms with Gasteiger partial charge in [-0.2, -0.15) is 0 Å². The molecule has 8 nitrogen and oxygen atoms in total. The lowest BCUT2D eigenvalue weighted by Crippen LogP contribution is -2.40. The number of β-amino-alcohol motifs (C(OH)–C–C–N with tert-alkyl or cyclic N) is 1. The van der Waals surface area contributed by atoms with E-state index in [0.717, 1.165) is 70.2 Å². The molecule has 1 aromatic heterocycles. The SMILES string of the molecule is Cc1cn(-c2ccc(Cl)c(C(=O)NC(O)C3CCCCCC3)c2)c(=O)n1CC(O)CN1CCCC1. The molecule has 2 aromatic rings. The molecular formula is C26H37ClN4O4. The zero-order valence-electron chi connectivity index (χ0n) is 20.5. The number of aliphatic hydroxyl groups is 2. The number of aryl methyl sites for hydroxylation is 1. The van der Waals surface area contributed by atoms with E-state index in [-0.39, 0.29) is 28.7 Å². The van der Waals surface area contributed by atoms with Gasteiger partial charge in [-0.05, 0) is 63.9 Å². The second-order valence-electron chi connectivity index (χ2n) is 10.0. The number of imidazole rings is 1. The fourth-order valence-corrected chi connectivity index (χ4v) is 5.53. The highest BCUT2D eigenvalue weighted by atomic mass is 35.5. The molecule has 35 heavy (non-hydrogen) atoms. The summed E-state index contributed by atoms with van der Waals surface area (Å²) in [5.74, 6) is -0.423. The van der Waals surface area contributed by atoms with Gasteiger partial charge in [0.1, 0.15) is 6.23 Å². The normalized spacial score (nSPS) is 19.4. The Hall–Kier alpha value is -2.13. The molecule has 1 saturated carbocycles. The van der Waals surface area contributed by atoms with Crippen LogP contribution in [0.2, 0.25) is 5.02 Å². The van der Waals surface area contributed by atoms with Gasteiger partial charge < -0.3 is 20.4 Å². The minimum Gasteiger partial charge on any atom is -0.390 e. The molecule has 2 fully saturated rings. The van der Waals surface area contributed by atoms with Crippen molar-refractivity contribution in [2.75, 3.05) is 19.6 Å². The highest BCUT2D eigenvalue weighted by Crippen LogP contribution is 2.26. The molecule has 192 valence electrons. The van der Waals surface area contributed by atoms with Gasteiger partial charge in [0.2, 0.25) is 0 Å². The quantitative estimate of drug-likeness (QED) is 0.379. The number of carbonyl (C=O) groups is 1. The summed E-state index contributed by atoms with van der Waals surface area (Å²) < 4.78 is 3.03. The van der Waals surface area contributed by atoms with Crippen LogP contribution < -0.4 is 11.0 Å². The lowest BCUT2D eigenvalue weighted by molar-refractivity contribution is 0.0532. The molecule has 0 radical (unpaired) electrons. The minimum atomic E-state index is -0.927. The van der Waals surface area contributed by atoms with Crippen LogP contribution in [0.5, 0.6) is 0 Å². The lowest BCUT2D eigenvalue weighted by Gasteiger charge is -2.22. The Morgan fingerprint density at radius 3 is 2.46 bits per heavy atom. The van der Waals surface area contributed by atoms with Gasteiger partial charge in [0.15, 0.2) is 0 Å². The van der Waals surface area contributed by atoms with Gasteiger partial charge in [-0.1, -0.05) is 37.3 Å². The van der Waals surface area contributed by atoms with Gasteiger partial charge in [-0.3, -0.25) is 13.9 Å². The van der Waals surface area contributed by atoms with Crippen LogP contribution in [0.4, 0.5) is 0 Å². The predicted molar refractivity (Wildman–Crippen MR) is 136 cm³/mol. The Balaban J connectivity index is 1.49. The maximum atomic E-state index is 13.2. The van der Waals surface area contributed by atoms with Crippen molar-refractivity contribution in [1.82, 2.24) is 19.4 Å². The van der Waals surface area contributed by atoms with Gasteiger partial charge in [-0.15, -0.1) is 0 Å². The average molecular weight is 505 g/mol. The maximum Gasteiger partial charge on any atom is 0.333 e. The molecule has 0 spiro atoms. The number of carbonyl (C=O) groups excluding carboxylic acids is 1. The first kappa shape index (κ1) is 25.9. The highest BCUT2D eigenvalue weighted by Gasteiger charge is 2.24. The zero-order chi connectivity index (χ0) is 24.9. The van der Waals surface area contributed by atoms with Crippen LogP contribution in [0.15, 0.2) is 29.2 Å². The monoisotopic (exact) mass is 504 g/mol. The molecule has 1 amide bonds. The minimum absolute atomic E-state index is 0.0368. The van der Waals surface area contributed by atoms with Crippen molar-refractivity contribution in [2.45, 2.75) is 77.2 Å². The van der Waals surface area contributed by atoms with Crippen LogP contribution in [-0.4, -0.2) is 62.1 Å². The lowest BCUT2D eigenvalue weighted by atomic mass is 9.98. The van der Waals surface area contributed by atoms with E-state index < -0.39 is 18.2 Å². The van der Waals surface area contributed by atoms with Crippen LogP contribution in [0.25, 0.3) is 5.69 Å². The van der Waals surface area contributed by atoms with Gasteiger partial charge in [0.25, 0.3) is 5.91 Å². The fraction of sp³-hybridized carbons (Fsp3) is 0.615. The number of rotatable bonds is 8. The third-order valence-electron chi connectivity index (χ3n) is 7.34. The zero-order valence-corrected chi connectivity index (χ0v) is 21.2. The first-order chi connectivity index (χ1) is 16.8. The van der Waals surface area contributed by atoms with E-state index in [1.807, 2.05) is 6.92 Å². The number of aliphatic hydroxyl groups excluding tert-OH is 2. The van der Waals surface area contributed by atoms with E-state index in [0.29, 0.717) is 12.2 Å². The Morgan fingerprint density at radius 2 is 1.77 bits per heavy atom. The number of aromatic nitrogens is 2. The number of halogens is 1. The number of nitrogens with one attached hydrogen (secondary N) is 1. The Morgan fingerprint density at radius 1 is 1.09 bits per heavy atom. The van der Waals surface area contributed by atoms with Crippen LogP contribution in [0.3, 0.4) is 0 Å². The highest BCUT2D eigenvalue weighted by molar-refractivity contribution is 6.33. The van der Waals surface area contributed by atoms with Gasteiger partial charge in [0.05, 0.1) is 28.9 Å². The topological polar surface area (TPSA) is 99.7 Å². The summed E-state index contributed by atoms with van der Waals surface area (Å²) in [5, 5.41) is 24.1. The number of likely N-dealkylation sites (tertiary alicyclic amines) is 1. The van der Waals surface area contributed by atoms with E-state index in [1.165, 1.54) is 4.57 Å². The number of benzene rings is 1. The number of nitrogens with zero attached hydrogens (tertiary/aromatic N) is 3. The van der Waals surface area contributed by atoms with Crippen molar-refractivity contribution in [3.05, 3.63) is 51.2 Å². The molecular weight excluding hydrogens is 468 g/mol. The summed E-state index contributed by atoms with van der Waals surface area (Å²) in [6, 6.07) is 4.85. The third-order valence-corrected chi connectivity index (χ3v) is 7.67. The summed E-state index contributed by atoms with van der Waals surface area (Å²) in [5.41, 5.74) is 1.16. The summed E-state index contributed by atoms with van der Waals surface area (Å²) >= 11 is 6.33. The third kappa shape index (κ3) is 6.36. The number of amides is 1. The summed E-state index contributed by atoms with van der Waals surface area (Å²) in [4.78, 5) is 28.4. The van der Waals surface area contributed by atoms with Gasteiger partial charge in [-0.25, -0.2) is 4.79 Å². The molecule has 3 N–H and O–H groups in total. The molecule has 2 heterocycles. The van der Waals surface area contributed by atoms with Crippen LogP contribution in [-0.2, 0) is 6.54 Å². The second-order valence-corrected chi connectivity index (χ2v) is 10.4. The first-order valence-corrected chi connectivity index (χ1v) is 13.2. The van der Waals surface area contributed by atoms with E-state index in [2.05, 4.69) is 10.2 Å². The number of hydrogen-bond donors (Lipinski definition) is 3. The maximum absolute atomic E-state index is 13.2. The van der Waals surface area contributed by atoms with Crippen molar-refractivity contribution in [3.8, 4) is 5.69 Å². The predicted octanol–water partition coefficient (Wildman–Crippen LogP) is 3.08. The van der Waals surface area contributed by atoms with E-state index >= 15 is 0 Å². The van der Waals surface area contributed by atoms with E-state index in [4.69, 9.17) is 11.6 Å². The first-order valence-electron chi connectivity index (χ1n) is 12.8. The molecule has 1 aliphatic heterocycles. The van der Waals surface area contributed by atoms with Crippen LogP contribution in [0, 0.1) is 12.8 Å². The average Bonchev–Trinajstić information content (AvgIpc) is 3.31.